The van der Waals surface area contributed by atoms with Crippen molar-refractivity contribution in [2.75, 3.05) is 5.75 Å². The molecule has 1 aromatic rings. The molecule has 1 aliphatic rings. The first kappa shape index (κ1) is 20.1. The molecule has 130 valence electrons. The first-order valence-corrected chi connectivity index (χ1v) is 9.53. The van der Waals surface area contributed by atoms with Crippen molar-refractivity contribution in [2.45, 2.75) is 64.6 Å². The molecule has 1 saturated heterocycles. The van der Waals surface area contributed by atoms with Crippen LogP contribution in [-0.2, 0) is 19.1 Å². The number of hydrogen-bond donors (Lipinski definition) is 0. The smallest absolute Gasteiger partial charge is 0.399 e. The van der Waals surface area contributed by atoms with Gasteiger partial charge in [0.05, 0.1) is 21.9 Å². The molecular weight excluding hydrogens is 318 g/mol. The van der Waals surface area contributed by atoms with Crippen molar-refractivity contribution in [3.8, 4) is 0 Å². The van der Waals surface area contributed by atoms with Gasteiger partial charge in [-0.25, -0.2) is 12.8 Å². The van der Waals surface area contributed by atoms with Crippen LogP contribution in [0.4, 0.5) is 4.39 Å². The normalized spacial score (nSPS) is 19.2. The lowest BCUT2D eigenvalue weighted by Crippen LogP contribution is -2.41. The fourth-order valence-corrected chi connectivity index (χ4v) is 2.92. The van der Waals surface area contributed by atoms with E-state index in [1.165, 1.54) is 19.1 Å². The summed E-state index contributed by atoms with van der Waals surface area (Å²) in [4.78, 5) is -0.0252. The van der Waals surface area contributed by atoms with Crippen LogP contribution in [-0.4, -0.2) is 32.5 Å². The Hall–Kier alpha value is -0.915. The van der Waals surface area contributed by atoms with Crippen molar-refractivity contribution in [1.29, 1.82) is 0 Å². The van der Waals surface area contributed by atoms with E-state index >= 15 is 0 Å². The van der Waals surface area contributed by atoms with Crippen LogP contribution < -0.4 is 5.46 Å². The predicted molar refractivity (Wildman–Crippen MR) is 91.2 cm³/mol. The van der Waals surface area contributed by atoms with Gasteiger partial charge in [0.15, 0.2) is 9.84 Å². The Bertz CT molecular complexity index is 640. The van der Waals surface area contributed by atoms with Gasteiger partial charge in [-0.2, -0.15) is 0 Å². The van der Waals surface area contributed by atoms with Crippen molar-refractivity contribution in [3.63, 3.8) is 0 Å². The molecule has 0 unspecified atom stereocenters. The van der Waals surface area contributed by atoms with Gasteiger partial charge in [0, 0.05) is 5.46 Å². The maximum atomic E-state index is 14.2. The molecular formula is C16H26BFO4S. The van der Waals surface area contributed by atoms with Crippen LogP contribution in [0.1, 0.15) is 48.5 Å². The summed E-state index contributed by atoms with van der Waals surface area (Å²) in [5.74, 6) is -0.703. The SMILES string of the molecule is CC.CCS(=O)(=O)c1ccc(B2OC(C)(C)C(C)(C)O2)c(F)c1. The highest BCUT2D eigenvalue weighted by Crippen LogP contribution is 2.36. The van der Waals surface area contributed by atoms with E-state index in [0.29, 0.717) is 0 Å². The highest BCUT2D eigenvalue weighted by atomic mass is 32.2. The predicted octanol–water partition coefficient (Wildman–Crippen LogP) is 2.94. The quantitative estimate of drug-likeness (QED) is 0.791. The van der Waals surface area contributed by atoms with Crippen molar-refractivity contribution in [2.24, 2.45) is 0 Å². The Morgan fingerprint density at radius 3 is 1.96 bits per heavy atom. The number of hydrogen-bond acceptors (Lipinski definition) is 4. The maximum Gasteiger partial charge on any atom is 0.497 e. The van der Waals surface area contributed by atoms with Gasteiger partial charge in [0.1, 0.15) is 5.82 Å². The summed E-state index contributed by atoms with van der Waals surface area (Å²) in [6.07, 6.45) is 0. The minimum atomic E-state index is -3.43. The molecule has 2 rings (SSSR count). The van der Waals surface area contributed by atoms with Gasteiger partial charge in [-0.3, -0.25) is 0 Å². The van der Waals surface area contributed by atoms with E-state index < -0.39 is 34.0 Å². The van der Waals surface area contributed by atoms with Gasteiger partial charge < -0.3 is 9.31 Å². The molecule has 0 N–H and O–H groups in total. The summed E-state index contributed by atoms with van der Waals surface area (Å²) in [6.45, 7) is 13.0. The van der Waals surface area contributed by atoms with Gasteiger partial charge in [-0.05, 0) is 39.8 Å². The van der Waals surface area contributed by atoms with Crippen molar-refractivity contribution in [1.82, 2.24) is 0 Å². The number of halogens is 1. The van der Waals surface area contributed by atoms with Gasteiger partial charge in [0.25, 0.3) is 0 Å². The fourth-order valence-electron chi connectivity index (χ4n) is 2.03. The highest BCUT2D eigenvalue weighted by molar-refractivity contribution is 7.91. The number of rotatable bonds is 3. The Labute approximate surface area is 139 Å². The average molecular weight is 344 g/mol. The van der Waals surface area contributed by atoms with E-state index in [4.69, 9.17) is 9.31 Å². The zero-order chi connectivity index (χ0) is 18.1. The lowest BCUT2D eigenvalue weighted by Gasteiger charge is -2.32. The van der Waals surface area contributed by atoms with Crippen LogP contribution in [0.15, 0.2) is 23.1 Å². The van der Waals surface area contributed by atoms with E-state index in [0.717, 1.165) is 6.07 Å². The summed E-state index contributed by atoms with van der Waals surface area (Å²) in [5.41, 5.74) is -0.931. The first-order valence-electron chi connectivity index (χ1n) is 7.88. The van der Waals surface area contributed by atoms with Crippen LogP contribution in [0, 0.1) is 5.82 Å². The summed E-state index contributed by atoms with van der Waals surface area (Å²) >= 11 is 0. The standard InChI is InChI=1S/C14H20BFO4S.C2H6/c1-6-21(17,18)10-7-8-11(12(16)9-10)15-19-13(2,3)14(4,5)20-15;1-2/h7-9H,6H2,1-5H3;1-2H3. The third kappa shape index (κ3) is 3.95. The third-order valence-corrected chi connectivity index (χ3v) is 5.95. The minimum absolute atomic E-state index is 0.0252. The maximum absolute atomic E-state index is 14.2. The van der Waals surface area contributed by atoms with Crippen molar-refractivity contribution >= 4 is 22.4 Å². The molecule has 4 nitrogen and oxygen atoms in total. The Kier molecular flexibility index (Phi) is 6.05. The van der Waals surface area contributed by atoms with Crippen LogP contribution in [0.3, 0.4) is 0 Å². The summed E-state index contributed by atoms with van der Waals surface area (Å²) < 4.78 is 49.3. The lowest BCUT2D eigenvalue weighted by molar-refractivity contribution is 0.00578. The van der Waals surface area contributed by atoms with Gasteiger partial charge >= 0.3 is 7.12 Å². The third-order valence-electron chi connectivity index (χ3n) is 4.22. The largest absolute Gasteiger partial charge is 0.497 e. The monoisotopic (exact) mass is 344 g/mol. The average Bonchev–Trinajstić information content (AvgIpc) is 2.69. The summed E-state index contributed by atoms with van der Waals surface area (Å²) in [5, 5.41) is 0. The van der Waals surface area contributed by atoms with Crippen molar-refractivity contribution in [3.05, 3.63) is 24.0 Å². The second-order valence-electron chi connectivity index (χ2n) is 6.17. The Morgan fingerprint density at radius 1 is 1.09 bits per heavy atom. The zero-order valence-corrected chi connectivity index (χ0v) is 15.8. The molecule has 1 fully saturated rings. The molecule has 0 spiro atoms. The van der Waals surface area contributed by atoms with Crippen molar-refractivity contribution < 1.29 is 22.1 Å². The summed E-state index contributed by atoms with van der Waals surface area (Å²) in [6, 6.07) is 3.83. The van der Waals surface area contributed by atoms with E-state index in [9.17, 15) is 12.8 Å². The highest BCUT2D eigenvalue weighted by Gasteiger charge is 2.52. The van der Waals surface area contributed by atoms with Gasteiger partial charge in [-0.15, -0.1) is 0 Å². The topological polar surface area (TPSA) is 52.6 Å². The molecule has 0 aliphatic carbocycles. The molecule has 1 heterocycles. The molecule has 7 heteroatoms. The van der Waals surface area contributed by atoms with E-state index in [1.54, 1.807) is 0 Å². The molecule has 1 aromatic carbocycles. The number of sulfone groups is 1. The molecule has 0 aromatic heterocycles. The van der Waals surface area contributed by atoms with Gasteiger partial charge in [-0.1, -0.05) is 26.8 Å². The van der Waals surface area contributed by atoms with Crippen LogP contribution in [0.25, 0.3) is 0 Å². The molecule has 0 amide bonds. The zero-order valence-electron chi connectivity index (χ0n) is 14.9. The molecule has 23 heavy (non-hydrogen) atoms. The van der Waals surface area contributed by atoms with Crippen LogP contribution >= 0.6 is 0 Å². The van der Waals surface area contributed by atoms with Gasteiger partial charge in [0.2, 0.25) is 0 Å². The first-order chi connectivity index (χ1) is 10.5. The molecule has 0 radical (unpaired) electrons. The van der Waals surface area contributed by atoms with Crippen LogP contribution in [0.5, 0.6) is 0 Å². The lowest BCUT2D eigenvalue weighted by atomic mass is 9.79. The second-order valence-corrected chi connectivity index (χ2v) is 8.45. The van der Waals surface area contributed by atoms with E-state index in [2.05, 4.69) is 0 Å². The molecule has 0 bridgehead atoms. The summed E-state index contributed by atoms with van der Waals surface area (Å²) in [7, 11) is -4.27. The molecule has 0 saturated carbocycles. The fraction of sp³-hybridized carbons (Fsp3) is 0.625. The number of benzene rings is 1. The minimum Gasteiger partial charge on any atom is -0.399 e. The molecule has 1 aliphatic heterocycles. The van der Waals surface area contributed by atoms with E-state index in [-0.39, 0.29) is 16.1 Å². The van der Waals surface area contributed by atoms with Crippen LogP contribution in [0.2, 0.25) is 0 Å². The van der Waals surface area contributed by atoms with E-state index in [1.807, 2.05) is 41.5 Å². The Morgan fingerprint density at radius 2 is 1.57 bits per heavy atom. The second kappa shape index (κ2) is 6.91. The Balaban J connectivity index is 0.00000127. The molecule has 0 atom stereocenters.